The minimum atomic E-state index is -3.97. The highest BCUT2D eigenvalue weighted by atomic mass is 32.2. The number of benzene rings is 1. The summed E-state index contributed by atoms with van der Waals surface area (Å²) in [6, 6.07) is 4.25. The Morgan fingerprint density at radius 2 is 2.05 bits per heavy atom. The van der Waals surface area contributed by atoms with Crippen LogP contribution in [0.2, 0.25) is 0 Å². The lowest BCUT2D eigenvalue weighted by atomic mass is 10.2. The molecule has 2 rings (SSSR count). The van der Waals surface area contributed by atoms with Crippen molar-refractivity contribution < 1.29 is 13.3 Å². The van der Waals surface area contributed by atoms with Crippen molar-refractivity contribution in [1.82, 2.24) is 4.31 Å². The Hall–Kier alpha value is -1.51. The summed E-state index contributed by atoms with van der Waals surface area (Å²) in [5.74, 6) is 0. The molecule has 116 valence electrons. The summed E-state index contributed by atoms with van der Waals surface area (Å²) >= 11 is 0. The molecule has 0 radical (unpaired) electrons. The third-order valence-electron chi connectivity index (χ3n) is 3.70. The lowest BCUT2D eigenvalue weighted by molar-refractivity contribution is -0.387. The summed E-state index contributed by atoms with van der Waals surface area (Å²) in [5.41, 5.74) is 5.92. The summed E-state index contributed by atoms with van der Waals surface area (Å²) in [4.78, 5) is 10.2. The number of nitro benzene ring substituents is 1. The minimum Gasteiger partial charge on any atom is -0.315 e. The highest BCUT2D eigenvalue weighted by molar-refractivity contribution is 7.89. The van der Waals surface area contributed by atoms with Crippen LogP contribution in [0.15, 0.2) is 23.1 Å². The number of hydrogen-bond acceptors (Lipinski definition) is 5. The van der Waals surface area contributed by atoms with Gasteiger partial charge in [-0.1, -0.05) is 25.0 Å². The topological polar surface area (TPSA) is 107 Å². The van der Waals surface area contributed by atoms with Crippen LogP contribution in [0.5, 0.6) is 0 Å². The number of rotatable bonds is 3. The van der Waals surface area contributed by atoms with Crippen LogP contribution in [0.4, 0.5) is 5.69 Å². The van der Waals surface area contributed by atoms with Crippen LogP contribution in [-0.4, -0.2) is 30.4 Å². The van der Waals surface area contributed by atoms with Crippen molar-refractivity contribution in [3.05, 3.63) is 33.9 Å². The molecule has 1 aromatic rings. The molecule has 1 aromatic carbocycles. The second kappa shape index (κ2) is 6.08. The predicted octanol–water partition coefficient (Wildman–Crippen LogP) is 1.75. The molecule has 8 heteroatoms. The zero-order chi connectivity index (χ0) is 15.6. The molecule has 0 aromatic heterocycles. The van der Waals surface area contributed by atoms with Crippen LogP contribution in [0.1, 0.15) is 31.2 Å². The highest BCUT2D eigenvalue weighted by Gasteiger charge is 2.36. The maximum absolute atomic E-state index is 12.8. The van der Waals surface area contributed by atoms with Gasteiger partial charge in [-0.3, -0.25) is 10.1 Å². The molecule has 1 saturated heterocycles. The Kier molecular flexibility index (Phi) is 4.60. The maximum atomic E-state index is 12.8. The standard InChI is InChI=1S/C13H19N3O4S/c1-10-6-5-7-11(16(17)18)13(10)21(19,20)15-9-4-2-3-8-12(15)14/h5-7,12H,2-4,8-9,14H2,1H3. The average molecular weight is 313 g/mol. The first kappa shape index (κ1) is 15.9. The Labute approximate surface area is 123 Å². The molecule has 0 saturated carbocycles. The predicted molar refractivity (Wildman–Crippen MR) is 78.2 cm³/mol. The lowest BCUT2D eigenvalue weighted by Crippen LogP contribution is -2.45. The van der Waals surface area contributed by atoms with E-state index in [0.717, 1.165) is 12.8 Å². The Morgan fingerprint density at radius 1 is 1.33 bits per heavy atom. The van der Waals surface area contributed by atoms with Crippen LogP contribution >= 0.6 is 0 Å². The molecule has 1 heterocycles. The molecule has 0 aliphatic carbocycles. The molecule has 21 heavy (non-hydrogen) atoms. The van der Waals surface area contributed by atoms with E-state index in [2.05, 4.69) is 0 Å². The molecule has 0 spiro atoms. The van der Waals surface area contributed by atoms with Crippen LogP contribution in [0.25, 0.3) is 0 Å². The van der Waals surface area contributed by atoms with Crippen molar-refractivity contribution in [2.75, 3.05) is 6.54 Å². The Morgan fingerprint density at radius 3 is 2.71 bits per heavy atom. The molecule has 1 unspecified atom stereocenters. The van der Waals surface area contributed by atoms with Crippen molar-refractivity contribution >= 4 is 15.7 Å². The molecule has 1 fully saturated rings. The summed E-state index contributed by atoms with van der Waals surface area (Å²) in [6.07, 6.45) is 2.43. The minimum absolute atomic E-state index is 0.243. The molecular weight excluding hydrogens is 294 g/mol. The number of nitro groups is 1. The van der Waals surface area contributed by atoms with Crippen molar-refractivity contribution in [3.8, 4) is 0 Å². The molecule has 2 N–H and O–H groups in total. The zero-order valence-corrected chi connectivity index (χ0v) is 12.7. The van der Waals surface area contributed by atoms with Crippen molar-refractivity contribution in [1.29, 1.82) is 0 Å². The van der Waals surface area contributed by atoms with E-state index < -0.39 is 26.8 Å². The molecule has 0 bridgehead atoms. The first-order valence-electron chi connectivity index (χ1n) is 6.87. The van der Waals surface area contributed by atoms with Gasteiger partial charge < -0.3 is 5.73 Å². The average Bonchev–Trinajstić information content (AvgIpc) is 2.63. The summed E-state index contributed by atoms with van der Waals surface area (Å²) in [5, 5.41) is 11.1. The fraction of sp³-hybridized carbons (Fsp3) is 0.538. The van der Waals surface area contributed by atoms with Crippen LogP contribution < -0.4 is 5.73 Å². The van der Waals surface area contributed by atoms with Crippen LogP contribution in [0, 0.1) is 17.0 Å². The second-order valence-corrected chi connectivity index (χ2v) is 7.04. The molecular formula is C13H19N3O4S. The summed E-state index contributed by atoms with van der Waals surface area (Å²) in [6.45, 7) is 1.86. The fourth-order valence-corrected chi connectivity index (χ4v) is 4.59. The SMILES string of the molecule is Cc1cccc([N+](=O)[O-])c1S(=O)(=O)N1CCCCCC1N. The number of nitrogens with zero attached hydrogens (tertiary/aromatic N) is 2. The maximum Gasteiger partial charge on any atom is 0.289 e. The molecule has 1 atom stereocenters. The normalized spacial score (nSPS) is 21.0. The largest absolute Gasteiger partial charge is 0.315 e. The van der Waals surface area contributed by atoms with E-state index in [1.54, 1.807) is 13.0 Å². The highest BCUT2D eigenvalue weighted by Crippen LogP contribution is 2.31. The van der Waals surface area contributed by atoms with Gasteiger partial charge in [0.05, 0.1) is 11.1 Å². The Balaban J connectivity index is 2.56. The number of nitrogens with two attached hydrogens (primary N) is 1. The van der Waals surface area contributed by atoms with Gasteiger partial charge in [0.15, 0.2) is 4.90 Å². The third-order valence-corrected chi connectivity index (χ3v) is 5.82. The zero-order valence-electron chi connectivity index (χ0n) is 11.9. The van der Waals surface area contributed by atoms with Gasteiger partial charge in [-0.05, 0) is 25.3 Å². The van der Waals surface area contributed by atoms with Gasteiger partial charge in [0.1, 0.15) is 0 Å². The first-order valence-corrected chi connectivity index (χ1v) is 8.31. The van der Waals surface area contributed by atoms with E-state index >= 15 is 0 Å². The van der Waals surface area contributed by atoms with Gasteiger partial charge in [0.2, 0.25) is 0 Å². The van der Waals surface area contributed by atoms with Gasteiger partial charge in [0.25, 0.3) is 15.7 Å². The van der Waals surface area contributed by atoms with E-state index in [4.69, 9.17) is 5.73 Å². The van der Waals surface area contributed by atoms with E-state index in [1.807, 2.05) is 0 Å². The quantitative estimate of drug-likeness (QED) is 0.676. The van der Waals surface area contributed by atoms with Crippen LogP contribution in [0.3, 0.4) is 0 Å². The van der Waals surface area contributed by atoms with E-state index in [9.17, 15) is 18.5 Å². The van der Waals surface area contributed by atoms with Gasteiger partial charge in [-0.15, -0.1) is 0 Å². The summed E-state index contributed by atoms with van der Waals surface area (Å²) in [7, 11) is -3.97. The number of sulfonamides is 1. The van der Waals surface area contributed by atoms with Gasteiger partial charge in [-0.25, -0.2) is 8.42 Å². The lowest BCUT2D eigenvalue weighted by Gasteiger charge is -2.26. The van der Waals surface area contributed by atoms with Crippen molar-refractivity contribution in [2.45, 2.75) is 43.7 Å². The molecule has 0 amide bonds. The van der Waals surface area contributed by atoms with Gasteiger partial charge >= 0.3 is 0 Å². The molecule has 1 aliphatic rings. The smallest absolute Gasteiger partial charge is 0.289 e. The van der Waals surface area contributed by atoms with Gasteiger partial charge in [-0.2, -0.15) is 4.31 Å². The number of hydrogen-bond donors (Lipinski definition) is 1. The van der Waals surface area contributed by atoms with Crippen LogP contribution in [-0.2, 0) is 10.0 Å². The molecule has 1 aliphatic heterocycles. The third kappa shape index (κ3) is 3.07. The van der Waals surface area contributed by atoms with E-state index in [1.165, 1.54) is 16.4 Å². The summed E-state index contributed by atoms with van der Waals surface area (Å²) < 4.78 is 26.9. The van der Waals surface area contributed by atoms with Gasteiger partial charge in [0, 0.05) is 12.6 Å². The fourth-order valence-electron chi connectivity index (χ4n) is 2.64. The number of aryl methyl sites for hydroxylation is 1. The first-order chi connectivity index (χ1) is 9.85. The van der Waals surface area contributed by atoms with E-state index in [-0.39, 0.29) is 4.90 Å². The van der Waals surface area contributed by atoms with E-state index in [0.29, 0.717) is 24.9 Å². The van der Waals surface area contributed by atoms with Crippen molar-refractivity contribution in [3.63, 3.8) is 0 Å². The van der Waals surface area contributed by atoms with Crippen molar-refractivity contribution in [2.24, 2.45) is 5.73 Å². The molecule has 7 nitrogen and oxygen atoms in total. The monoisotopic (exact) mass is 313 g/mol. The Bertz CT molecular complexity index is 645. The second-order valence-electron chi connectivity index (χ2n) is 5.21.